The second kappa shape index (κ2) is 5.76. The Morgan fingerprint density at radius 2 is 2.15 bits per heavy atom. The van der Waals surface area contributed by atoms with Gasteiger partial charge in [0.15, 0.2) is 0 Å². The highest BCUT2D eigenvalue weighted by Crippen LogP contribution is 2.23. The van der Waals surface area contributed by atoms with Crippen molar-refractivity contribution in [3.63, 3.8) is 0 Å². The van der Waals surface area contributed by atoms with Crippen molar-refractivity contribution >= 4 is 22.6 Å². The number of anilines is 2. The molecule has 1 saturated heterocycles. The monoisotopic (exact) mass is 289 g/mol. The molecule has 3 rings (SSSR count). The molecule has 1 aromatic carbocycles. The van der Waals surface area contributed by atoms with Crippen LogP contribution in [0.25, 0.3) is 0 Å². The first-order valence-electron chi connectivity index (χ1n) is 6.82. The van der Waals surface area contributed by atoms with Gasteiger partial charge in [-0.25, -0.2) is 0 Å². The zero-order valence-electron chi connectivity index (χ0n) is 11.5. The van der Waals surface area contributed by atoms with Crippen LogP contribution in [0.2, 0.25) is 0 Å². The SMILES string of the molecule is CC1CN(Cc2ccccc2)CC1Nc1nc(N)ns1. The second-order valence-corrected chi connectivity index (χ2v) is 6.12. The van der Waals surface area contributed by atoms with E-state index in [9.17, 15) is 0 Å². The number of likely N-dealkylation sites (tertiary alicyclic amines) is 1. The first-order valence-corrected chi connectivity index (χ1v) is 7.60. The van der Waals surface area contributed by atoms with Gasteiger partial charge in [0.25, 0.3) is 0 Å². The molecule has 0 spiro atoms. The number of rotatable bonds is 4. The zero-order chi connectivity index (χ0) is 13.9. The predicted molar refractivity (Wildman–Crippen MR) is 82.6 cm³/mol. The smallest absolute Gasteiger partial charge is 0.233 e. The van der Waals surface area contributed by atoms with Crippen LogP contribution in [0.15, 0.2) is 30.3 Å². The average Bonchev–Trinajstić information content (AvgIpc) is 2.98. The van der Waals surface area contributed by atoms with E-state index in [1.54, 1.807) is 0 Å². The van der Waals surface area contributed by atoms with Crippen LogP contribution in [-0.4, -0.2) is 33.4 Å². The van der Waals surface area contributed by atoms with Gasteiger partial charge in [0, 0.05) is 37.2 Å². The van der Waals surface area contributed by atoms with E-state index in [1.807, 2.05) is 0 Å². The van der Waals surface area contributed by atoms with Crippen LogP contribution in [0.1, 0.15) is 12.5 Å². The Bertz CT molecular complexity index is 556. The van der Waals surface area contributed by atoms with Gasteiger partial charge in [-0.05, 0) is 11.5 Å². The van der Waals surface area contributed by atoms with Crippen LogP contribution in [0.4, 0.5) is 11.1 Å². The fourth-order valence-corrected chi connectivity index (χ4v) is 3.24. The van der Waals surface area contributed by atoms with E-state index >= 15 is 0 Å². The maximum atomic E-state index is 5.55. The van der Waals surface area contributed by atoms with Gasteiger partial charge >= 0.3 is 0 Å². The van der Waals surface area contributed by atoms with Gasteiger partial charge in [-0.2, -0.15) is 9.36 Å². The normalized spacial score (nSPS) is 23.1. The van der Waals surface area contributed by atoms with E-state index in [4.69, 9.17) is 5.73 Å². The molecule has 1 aliphatic heterocycles. The van der Waals surface area contributed by atoms with Crippen molar-refractivity contribution in [1.29, 1.82) is 0 Å². The maximum Gasteiger partial charge on any atom is 0.233 e. The molecule has 1 aromatic heterocycles. The Balaban J connectivity index is 1.59. The van der Waals surface area contributed by atoms with E-state index in [2.05, 4.69) is 56.8 Å². The van der Waals surface area contributed by atoms with Crippen molar-refractivity contribution in [3.05, 3.63) is 35.9 Å². The zero-order valence-corrected chi connectivity index (χ0v) is 12.3. The summed E-state index contributed by atoms with van der Waals surface area (Å²) < 4.78 is 4.00. The van der Waals surface area contributed by atoms with Gasteiger partial charge in [0.2, 0.25) is 11.1 Å². The van der Waals surface area contributed by atoms with Crippen LogP contribution < -0.4 is 11.1 Å². The van der Waals surface area contributed by atoms with Gasteiger partial charge in [-0.1, -0.05) is 37.3 Å². The van der Waals surface area contributed by atoms with E-state index in [-0.39, 0.29) is 0 Å². The highest BCUT2D eigenvalue weighted by atomic mass is 32.1. The summed E-state index contributed by atoms with van der Waals surface area (Å²) in [4.78, 5) is 6.65. The number of hydrogen-bond donors (Lipinski definition) is 2. The molecule has 2 atom stereocenters. The molecule has 0 saturated carbocycles. The fraction of sp³-hybridized carbons (Fsp3) is 0.429. The third kappa shape index (κ3) is 3.08. The quantitative estimate of drug-likeness (QED) is 0.901. The second-order valence-electron chi connectivity index (χ2n) is 5.37. The molecule has 6 heteroatoms. The minimum atomic E-state index is 0.351. The van der Waals surface area contributed by atoms with Crippen LogP contribution in [0.3, 0.4) is 0 Å². The molecule has 106 valence electrons. The van der Waals surface area contributed by atoms with Gasteiger partial charge in [-0.15, -0.1) is 0 Å². The minimum Gasteiger partial charge on any atom is -0.367 e. The summed E-state index contributed by atoms with van der Waals surface area (Å²) in [5.41, 5.74) is 6.92. The van der Waals surface area contributed by atoms with Gasteiger partial charge in [-0.3, -0.25) is 4.90 Å². The number of aromatic nitrogens is 2. The van der Waals surface area contributed by atoms with Gasteiger partial charge in [0.05, 0.1) is 0 Å². The lowest BCUT2D eigenvalue weighted by Gasteiger charge is -2.16. The Morgan fingerprint density at radius 1 is 1.35 bits per heavy atom. The first-order chi connectivity index (χ1) is 9.70. The summed E-state index contributed by atoms with van der Waals surface area (Å²) in [6.07, 6.45) is 0. The van der Waals surface area contributed by atoms with Crippen molar-refractivity contribution < 1.29 is 0 Å². The largest absolute Gasteiger partial charge is 0.367 e. The first kappa shape index (κ1) is 13.3. The summed E-state index contributed by atoms with van der Waals surface area (Å²) in [5, 5.41) is 4.27. The molecule has 0 radical (unpaired) electrons. The van der Waals surface area contributed by atoms with Gasteiger partial charge < -0.3 is 11.1 Å². The summed E-state index contributed by atoms with van der Waals surface area (Å²) in [7, 11) is 0. The molecule has 20 heavy (non-hydrogen) atoms. The molecule has 0 bridgehead atoms. The maximum absolute atomic E-state index is 5.55. The van der Waals surface area contributed by atoms with Crippen LogP contribution in [-0.2, 0) is 6.54 Å². The summed E-state index contributed by atoms with van der Waals surface area (Å²) in [6.45, 7) is 5.39. The average molecular weight is 289 g/mol. The molecule has 1 fully saturated rings. The Hall–Kier alpha value is -1.66. The number of nitrogens with zero attached hydrogens (tertiary/aromatic N) is 3. The molecule has 0 aliphatic carbocycles. The summed E-state index contributed by atoms with van der Waals surface area (Å²) in [5.74, 6) is 0.938. The Kier molecular flexibility index (Phi) is 3.84. The highest BCUT2D eigenvalue weighted by Gasteiger charge is 2.30. The van der Waals surface area contributed by atoms with Crippen molar-refractivity contribution in [2.45, 2.75) is 19.5 Å². The number of benzene rings is 1. The van der Waals surface area contributed by atoms with Crippen LogP contribution >= 0.6 is 11.5 Å². The lowest BCUT2D eigenvalue weighted by molar-refractivity contribution is 0.319. The lowest BCUT2D eigenvalue weighted by atomic mass is 10.1. The van der Waals surface area contributed by atoms with E-state index < -0.39 is 0 Å². The third-order valence-electron chi connectivity index (χ3n) is 3.69. The standard InChI is InChI=1S/C14H19N5S/c1-10-7-19(8-11-5-3-2-4-6-11)9-12(10)16-14-17-13(15)18-20-14/h2-6,10,12H,7-9H2,1H3,(H3,15,16,17,18). The Morgan fingerprint density at radius 3 is 2.85 bits per heavy atom. The summed E-state index contributed by atoms with van der Waals surface area (Å²) >= 11 is 1.33. The molecule has 5 nitrogen and oxygen atoms in total. The highest BCUT2D eigenvalue weighted by molar-refractivity contribution is 7.09. The molecule has 2 heterocycles. The van der Waals surface area contributed by atoms with Gasteiger partial charge in [0.1, 0.15) is 0 Å². The number of nitrogens with two attached hydrogens (primary N) is 1. The molecule has 1 aliphatic rings. The summed E-state index contributed by atoms with van der Waals surface area (Å²) in [6, 6.07) is 11.0. The lowest BCUT2D eigenvalue weighted by Crippen LogP contribution is -2.27. The third-order valence-corrected chi connectivity index (χ3v) is 4.35. The van der Waals surface area contributed by atoms with E-state index in [0.29, 0.717) is 17.9 Å². The fourth-order valence-electron chi connectivity index (χ4n) is 2.68. The van der Waals surface area contributed by atoms with E-state index in [0.717, 1.165) is 24.8 Å². The molecular formula is C14H19N5S. The van der Waals surface area contributed by atoms with Crippen molar-refractivity contribution in [1.82, 2.24) is 14.3 Å². The number of nitrogen functional groups attached to an aromatic ring is 1. The van der Waals surface area contributed by atoms with Crippen molar-refractivity contribution in [3.8, 4) is 0 Å². The number of hydrogen-bond acceptors (Lipinski definition) is 6. The molecule has 2 aromatic rings. The predicted octanol–water partition coefficient (Wildman–Crippen LogP) is 2.05. The minimum absolute atomic E-state index is 0.351. The molecular weight excluding hydrogens is 270 g/mol. The van der Waals surface area contributed by atoms with Crippen LogP contribution in [0, 0.1) is 5.92 Å². The molecule has 3 N–H and O–H groups in total. The van der Waals surface area contributed by atoms with Crippen LogP contribution in [0.5, 0.6) is 0 Å². The number of nitrogens with one attached hydrogen (secondary N) is 1. The van der Waals surface area contributed by atoms with Crippen molar-refractivity contribution in [2.24, 2.45) is 5.92 Å². The molecule has 2 unspecified atom stereocenters. The van der Waals surface area contributed by atoms with Crippen molar-refractivity contribution in [2.75, 3.05) is 24.1 Å². The topological polar surface area (TPSA) is 67.1 Å². The van der Waals surface area contributed by atoms with E-state index in [1.165, 1.54) is 17.1 Å². The Labute approximate surface area is 123 Å². The molecule has 0 amide bonds.